The number of benzene rings is 2. The molecule has 3 aromatic rings. The van der Waals surface area contributed by atoms with Gasteiger partial charge in [-0.3, -0.25) is 4.79 Å². The Kier molecular flexibility index (Phi) is 8.54. The van der Waals surface area contributed by atoms with Gasteiger partial charge in [0.25, 0.3) is 5.56 Å². The first-order valence-corrected chi connectivity index (χ1v) is 13.4. The van der Waals surface area contributed by atoms with Gasteiger partial charge in [-0.05, 0) is 94.3 Å². The summed E-state index contributed by atoms with van der Waals surface area (Å²) in [6, 6.07) is 9.67. The molecular weight excluding hydrogens is 515 g/mol. The minimum atomic E-state index is -1.14. The number of nitrogens with one attached hydrogen (secondary N) is 1. The van der Waals surface area contributed by atoms with Gasteiger partial charge in [-0.15, -0.1) is 0 Å². The monoisotopic (exact) mass is 552 g/mol. The number of carbonyl (C=O) groups excluding carboxylic acids is 1. The Hall–Kier alpha value is -3.85. The maximum absolute atomic E-state index is 14.0. The van der Waals surface area contributed by atoms with Crippen LogP contribution in [0.3, 0.4) is 0 Å². The van der Waals surface area contributed by atoms with Crippen LogP contribution >= 0.6 is 0 Å². The molecule has 2 aromatic carbocycles. The van der Waals surface area contributed by atoms with Crippen LogP contribution in [-0.2, 0) is 17.4 Å². The van der Waals surface area contributed by atoms with Crippen LogP contribution in [0, 0.1) is 19.7 Å². The molecule has 40 heavy (non-hydrogen) atoms. The summed E-state index contributed by atoms with van der Waals surface area (Å²) in [4.78, 5) is 24.3. The van der Waals surface area contributed by atoms with Crippen molar-refractivity contribution in [2.45, 2.75) is 71.1 Å². The molecule has 0 aliphatic heterocycles. The minimum absolute atomic E-state index is 0.000992. The van der Waals surface area contributed by atoms with E-state index in [9.17, 15) is 19.1 Å². The molecule has 9 heteroatoms. The fraction of sp³-hybridized carbons (Fsp3) is 0.419. The summed E-state index contributed by atoms with van der Waals surface area (Å²) in [6.45, 7) is 6.95. The summed E-state index contributed by atoms with van der Waals surface area (Å²) in [5.74, 6) is 1.06. The molecule has 0 spiro atoms. The number of rotatable bonds is 7. The quantitative estimate of drug-likeness (QED) is 0.380. The highest BCUT2D eigenvalue weighted by molar-refractivity contribution is 5.76. The van der Waals surface area contributed by atoms with Crippen LogP contribution in [0.25, 0.3) is 11.1 Å². The Bertz CT molecular complexity index is 1430. The van der Waals surface area contributed by atoms with Crippen LogP contribution in [0.2, 0.25) is 0 Å². The molecule has 4 rings (SSSR count). The number of ether oxygens (including phenoxy) is 3. The van der Waals surface area contributed by atoms with Gasteiger partial charge in [0, 0.05) is 36.5 Å². The number of aliphatic hydroxyl groups is 1. The molecule has 1 amide bonds. The summed E-state index contributed by atoms with van der Waals surface area (Å²) in [5, 5.41) is 13.6. The van der Waals surface area contributed by atoms with Gasteiger partial charge < -0.3 is 29.2 Å². The number of hydrogen-bond acceptors (Lipinski definition) is 6. The van der Waals surface area contributed by atoms with Gasteiger partial charge in [-0.1, -0.05) is 6.07 Å². The molecule has 0 saturated heterocycles. The molecule has 8 nitrogen and oxygen atoms in total. The Morgan fingerprint density at radius 1 is 1.02 bits per heavy atom. The average Bonchev–Trinajstić information content (AvgIpc) is 2.88. The van der Waals surface area contributed by atoms with E-state index in [2.05, 4.69) is 5.32 Å². The van der Waals surface area contributed by atoms with Crippen molar-refractivity contribution >= 4 is 6.09 Å². The van der Waals surface area contributed by atoms with Gasteiger partial charge in [0.1, 0.15) is 23.1 Å². The molecule has 1 aromatic heterocycles. The maximum atomic E-state index is 14.0. The molecule has 0 atom stereocenters. The van der Waals surface area contributed by atoms with E-state index in [-0.39, 0.29) is 23.5 Å². The van der Waals surface area contributed by atoms with Gasteiger partial charge in [-0.2, -0.15) is 0 Å². The number of hydrogen-bond donors (Lipinski definition) is 2. The van der Waals surface area contributed by atoms with Crippen molar-refractivity contribution in [3.8, 4) is 28.4 Å². The summed E-state index contributed by atoms with van der Waals surface area (Å²) in [5.41, 5.74) is 1.81. The Balaban J connectivity index is 1.74. The zero-order chi connectivity index (χ0) is 29.2. The first-order valence-electron chi connectivity index (χ1n) is 13.4. The highest BCUT2D eigenvalue weighted by atomic mass is 19.1. The third kappa shape index (κ3) is 6.65. The van der Waals surface area contributed by atoms with Crippen LogP contribution in [0.5, 0.6) is 17.2 Å². The van der Waals surface area contributed by atoms with E-state index >= 15 is 0 Å². The van der Waals surface area contributed by atoms with Gasteiger partial charge in [0.2, 0.25) is 0 Å². The molecule has 1 fully saturated rings. The zero-order valence-electron chi connectivity index (χ0n) is 23.8. The van der Waals surface area contributed by atoms with Gasteiger partial charge in [0.05, 0.1) is 18.8 Å². The third-order valence-corrected chi connectivity index (χ3v) is 7.28. The Morgan fingerprint density at radius 3 is 2.27 bits per heavy atom. The number of carbonyl (C=O) groups is 1. The second kappa shape index (κ2) is 11.7. The second-order valence-electron chi connectivity index (χ2n) is 11.0. The highest BCUT2D eigenvalue weighted by Gasteiger charge is 2.27. The van der Waals surface area contributed by atoms with Crippen molar-refractivity contribution in [3.05, 3.63) is 75.5 Å². The van der Waals surface area contributed by atoms with Crippen LogP contribution < -0.4 is 20.3 Å². The van der Waals surface area contributed by atoms with E-state index in [1.54, 1.807) is 53.1 Å². The lowest BCUT2D eigenvalue weighted by molar-refractivity contribution is 0.0786. The highest BCUT2D eigenvalue weighted by Crippen LogP contribution is 2.42. The lowest BCUT2D eigenvalue weighted by Crippen LogP contribution is -2.39. The van der Waals surface area contributed by atoms with E-state index < -0.39 is 11.7 Å². The summed E-state index contributed by atoms with van der Waals surface area (Å²) in [6.07, 6.45) is 3.88. The number of halogens is 1. The average molecular weight is 553 g/mol. The maximum Gasteiger partial charge on any atom is 0.407 e. The first-order chi connectivity index (χ1) is 18.8. The molecule has 1 aliphatic carbocycles. The van der Waals surface area contributed by atoms with Gasteiger partial charge in [-0.25, -0.2) is 9.18 Å². The van der Waals surface area contributed by atoms with Crippen molar-refractivity contribution in [1.29, 1.82) is 0 Å². The third-order valence-electron chi connectivity index (χ3n) is 7.28. The van der Waals surface area contributed by atoms with E-state index in [0.29, 0.717) is 70.7 Å². The molecule has 0 bridgehead atoms. The first kappa shape index (κ1) is 29.1. The fourth-order valence-electron chi connectivity index (χ4n) is 5.02. The van der Waals surface area contributed by atoms with Gasteiger partial charge in [0.15, 0.2) is 0 Å². The molecule has 0 radical (unpaired) electrons. The lowest BCUT2D eigenvalue weighted by atomic mass is 9.92. The summed E-state index contributed by atoms with van der Waals surface area (Å²) in [7, 11) is 3.00. The van der Waals surface area contributed by atoms with Crippen molar-refractivity contribution in [2.24, 2.45) is 7.05 Å². The van der Waals surface area contributed by atoms with Crippen molar-refractivity contribution in [3.63, 3.8) is 0 Å². The van der Waals surface area contributed by atoms with Crippen LogP contribution in [0.4, 0.5) is 9.18 Å². The predicted octanol–water partition coefficient (Wildman–Crippen LogP) is 5.87. The molecule has 1 aliphatic rings. The normalized spacial score (nSPS) is 17.3. The number of methoxy groups -OCH3 is 1. The molecule has 2 N–H and O–H groups in total. The molecule has 1 saturated carbocycles. The van der Waals surface area contributed by atoms with Gasteiger partial charge >= 0.3 is 6.09 Å². The van der Waals surface area contributed by atoms with E-state index in [1.807, 2.05) is 6.07 Å². The number of aromatic nitrogens is 1. The van der Waals surface area contributed by atoms with Crippen LogP contribution in [0.15, 0.2) is 47.4 Å². The summed E-state index contributed by atoms with van der Waals surface area (Å²) >= 11 is 0. The number of aryl methyl sites for hydroxylation is 3. The number of pyridine rings is 1. The molecule has 1 heterocycles. The minimum Gasteiger partial charge on any atom is -0.490 e. The van der Waals surface area contributed by atoms with Crippen molar-refractivity contribution in [2.75, 3.05) is 7.11 Å². The predicted molar refractivity (Wildman–Crippen MR) is 151 cm³/mol. The van der Waals surface area contributed by atoms with Crippen LogP contribution in [0.1, 0.15) is 56.2 Å². The molecule has 214 valence electrons. The van der Waals surface area contributed by atoms with E-state index in [0.717, 1.165) is 0 Å². The lowest BCUT2D eigenvalue weighted by Gasteiger charge is -2.30. The van der Waals surface area contributed by atoms with Crippen molar-refractivity contribution < 1.29 is 28.5 Å². The standard InChI is InChI=1S/C31H37FN2O6/c1-18-13-21(32)14-19(2)29(18)40-26-12-7-20(31(3,4)37)15-24(26)25-17-34(5)28(35)16-27(25)39-23-10-8-22(9-11-23)33-30(36)38-6/h7,12-17,22-23,37H,8-11H2,1-6H3,(H,33,36). The topological polar surface area (TPSA) is 99.0 Å². The smallest absolute Gasteiger partial charge is 0.407 e. The largest absolute Gasteiger partial charge is 0.490 e. The van der Waals surface area contributed by atoms with E-state index in [4.69, 9.17) is 14.2 Å². The molecule has 0 unspecified atom stereocenters. The zero-order valence-corrected chi connectivity index (χ0v) is 23.8. The van der Waals surface area contributed by atoms with Crippen molar-refractivity contribution in [1.82, 2.24) is 9.88 Å². The Labute approximate surface area is 233 Å². The van der Waals surface area contributed by atoms with Crippen LogP contribution in [-0.4, -0.2) is 35.0 Å². The second-order valence-corrected chi connectivity index (χ2v) is 11.0. The number of alkyl carbamates (subject to hydrolysis) is 1. The SMILES string of the molecule is COC(=O)NC1CCC(Oc2cc(=O)n(C)cc2-c2cc(C(C)(C)O)ccc2Oc2c(C)cc(F)cc2C)CC1. The number of amides is 1. The van der Waals surface area contributed by atoms with E-state index in [1.165, 1.54) is 29.9 Å². The number of nitrogens with zero attached hydrogens (tertiary/aromatic N) is 1. The summed E-state index contributed by atoms with van der Waals surface area (Å²) < 4.78 is 33.0. The fourth-order valence-corrected chi connectivity index (χ4v) is 5.02. The Morgan fingerprint density at radius 2 is 1.68 bits per heavy atom. The molecular formula is C31H37FN2O6.